The van der Waals surface area contributed by atoms with Crippen molar-refractivity contribution in [3.63, 3.8) is 0 Å². The summed E-state index contributed by atoms with van der Waals surface area (Å²) >= 11 is 0. The van der Waals surface area contributed by atoms with Gasteiger partial charge in [0.15, 0.2) is 0 Å². The second-order valence-electron chi connectivity index (χ2n) is 15.7. The summed E-state index contributed by atoms with van der Waals surface area (Å²) in [6.07, 6.45) is 2.10. The number of alkyl halides is 3. The Balaban J connectivity index is 1.36. The molecule has 52 heavy (non-hydrogen) atoms. The highest BCUT2D eigenvalue weighted by Crippen LogP contribution is 2.41. The first kappa shape index (κ1) is 37.8. The minimum Gasteiger partial charge on any atom is -0.481 e. The lowest BCUT2D eigenvalue weighted by molar-refractivity contribution is -0.139. The van der Waals surface area contributed by atoms with Gasteiger partial charge in [-0.2, -0.15) is 13.2 Å². The Hall–Kier alpha value is -3.99. The summed E-state index contributed by atoms with van der Waals surface area (Å²) in [6, 6.07) is 5.19. The van der Waals surface area contributed by atoms with Crippen molar-refractivity contribution in [1.29, 1.82) is 0 Å². The minimum atomic E-state index is -4.74. The van der Waals surface area contributed by atoms with Crippen molar-refractivity contribution in [2.75, 3.05) is 19.6 Å². The number of aromatic nitrogens is 1. The van der Waals surface area contributed by atoms with Crippen LogP contribution in [-0.2, 0) is 28.6 Å². The average Bonchev–Trinajstić information content (AvgIpc) is 3.74. The van der Waals surface area contributed by atoms with Gasteiger partial charge in [0.05, 0.1) is 18.0 Å². The number of aryl methyl sites for hydroxylation is 3. The number of nitrogens with one attached hydrogen (secondary N) is 1. The van der Waals surface area contributed by atoms with E-state index in [0.717, 1.165) is 63.8 Å². The Morgan fingerprint density at radius 3 is 2.25 bits per heavy atom. The highest BCUT2D eigenvalue weighted by Gasteiger charge is 2.39. The van der Waals surface area contributed by atoms with E-state index in [1.807, 2.05) is 39.8 Å². The highest BCUT2D eigenvalue weighted by molar-refractivity contribution is 5.82. The number of carbonyl (C=O) groups is 2. The normalized spacial score (nSPS) is 18.0. The third-order valence-electron chi connectivity index (χ3n) is 11.1. The highest BCUT2D eigenvalue weighted by atomic mass is 19.4. The topological polar surface area (TPSA) is 91.6 Å². The van der Waals surface area contributed by atoms with Gasteiger partial charge in [-0.25, -0.2) is 4.39 Å². The number of aliphatic carboxylic acids is 1. The van der Waals surface area contributed by atoms with E-state index in [9.17, 15) is 37.1 Å². The average molecular weight is 724 g/mol. The maximum atomic E-state index is 14.4. The summed E-state index contributed by atoms with van der Waals surface area (Å²) in [6.45, 7) is 9.69. The first-order valence-electron chi connectivity index (χ1n) is 18.6. The fourth-order valence-corrected chi connectivity index (χ4v) is 8.45. The molecule has 6 rings (SSSR count). The number of nitrogens with zero attached hydrogens (tertiary/aromatic N) is 2. The Morgan fingerprint density at radius 1 is 0.981 bits per heavy atom. The van der Waals surface area contributed by atoms with Gasteiger partial charge >= 0.3 is 12.1 Å². The van der Waals surface area contributed by atoms with E-state index in [2.05, 4.69) is 10.2 Å². The number of rotatable bonds is 12. The summed E-state index contributed by atoms with van der Waals surface area (Å²) in [5.74, 6) is -2.01. The Bertz CT molecular complexity index is 1870. The van der Waals surface area contributed by atoms with Crippen LogP contribution in [0.1, 0.15) is 116 Å². The molecule has 2 heterocycles. The van der Waals surface area contributed by atoms with Crippen LogP contribution in [0.15, 0.2) is 41.3 Å². The summed E-state index contributed by atoms with van der Waals surface area (Å²) in [5, 5.41) is 12.9. The van der Waals surface area contributed by atoms with Gasteiger partial charge in [0, 0.05) is 18.8 Å². The number of carboxylic acids is 1. The van der Waals surface area contributed by atoms with E-state index in [1.165, 1.54) is 31.2 Å². The predicted octanol–water partition coefficient (Wildman–Crippen LogP) is 8.29. The van der Waals surface area contributed by atoms with Crippen molar-refractivity contribution in [2.45, 2.75) is 110 Å². The maximum absolute atomic E-state index is 14.4. The van der Waals surface area contributed by atoms with E-state index in [0.29, 0.717) is 43.5 Å². The van der Waals surface area contributed by atoms with Gasteiger partial charge in [0.25, 0.3) is 5.56 Å². The van der Waals surface area contributed by atoms with Gasteiger partial charge in [0.1, 0.15) is 11.9 Å². The number of pyridine rings is 1. The van der Waals surface area contributed by atoms with Crippen LogP contribution in [0.2, 0.25) is 0 Å². The van der Waals surface area contributed by atoms with Crippen LogP contribution >= 0.6 is 0 Å². The standard InChI is InChI=1S/C41H49F4N3O4/c1-23(2)14-36(48-22-33(34(19-37(48)49)41(43,44)45)27-10-12-47(13-11-27)21-26-8-9-26)40(52)46-35(20-38(50)51)29-17-28-6-5-7-31(28)32(18-29)39-24(3)15-30(42)16-25(39)4/h15-19,22-23,26-27,35-36H,5-14,20-21H2,1-4H3,(H,46,52)(H,50,51)/t35-,36-/m0/s1. The van der Waals surface area contributed by atoms with Crippen molar-refractivity contribution in [3.05, 3.63) is 91.6 Å². The van der Waals surface area contributed by atoms with Crippen molar-refractivity contribution in [1.82, 2.24) is 14.8 Å². The minimum absolute atomic E-state index is 0.0233. The molecule has 2 atom stereocenters. The SMILES string of the molecule is Cc1cc(F)cc(C)c1-c1cc([C@H](CC(=O)O)NC(=O)[C@H](CC(C)C)n2cc(C3CCN(CC4CC4)CC3)c(C(F)(F)F)cc2=O)cc2c1CCC2. The molecular weight excluding hydrogens is 674 g/mol. The zero-order valence-corrected chi connectivity index (χ0v) is 30.4. The van der Waals surface area contributed by atoms with Gasteiger partial charge in [0.2, 0.25) is 5.91 Å². The molecule has 3 aromatic rings. The predicted molar refractivity (Wildman–Crippen MR) is 192 cm³/mol. The van der Waals surface area contributed by atoms with E-state index in [-0.39, 0.29) is 23.7 Å². The van der Waals surface area contributed by atoms with Crippen LogP contribution in [-0.4, -0.2) is 46.1 Å². The molecule has 1 saturated carbocycles. The largest absolute Gasteiger partial charge is 0.481 e. The molecule has 7 nitrogen and oxygen atoms in total. The van der Waals surface area contributed by atoms with Crippen LogP contribution in [0.25, 0.3) is 11.1 Å². The van der Waals surface area contributed by atoms with Crippen molar-refractivity contribution >= 4 is 11.9 Å². The molecule has 1 amide bonds. The zero-order chi connectivity index (χ0) is 37.5. The number of likely N-dealkylation sites (tertiary alicyclic amines) is 1. The number of carboxylic acid groups (broad SMARTS) is 1. The quantitative estimate of drug-likeness (QED) is 0.184. The third kappa shape index (κ3) is 8.45. The molecule has 1 aromatic heterocycles. The molecule has 280 valence electrons. The molecule has 3 aliphatic rings. The van der Waals surface area contributed by atoms with Crippen molar-refractivity contribution in [2.24, 2.45) is 11.8 Å². The summed E-state index contributed by atoms with van der Waals surface area (Å²) in [4.78, 5) is 42.4. The second kappa shape index (κ2) is 15.2. The first-order chi connectivity index (χ1) is 24.6. The van der Waals surface area contributed by atoms with E-state index in [1.54, 1.807) is 0 Å². The van der Waals surface area contributed by atoms with E-state index < -0.39 is 53.6 Å². The molecular formula is C41H49F4N3O4. The number of halogens is 4. The summed E-state index contributed by atoms with van der Waals surface area (Å²) in [7, 11) is 0. The van der Waals surface area contributed by atoms with Crippen LogP contribution in [0.3, 0.4) is 0 Å². The van der Waals surface area contributed by atoms with Crippen LogP contribution in [0.4, 0.5) is 17.6 Å². The van der Waals surface area contributed by atoms with Crippen molar-refractivity contribution < 1.29 is 32.3 Å². The molecule has 2 aromatic carbocycles. The van der Waals surface area contributed by atoms with Gasteiger partial charge < -0.3 is 19.9 Å². The lowest BCUT2D eigenvalue weighted by Gasteiger charge is -2.34. The molecule has 0 radical (unpaired) electrons. The molecule has 1 aliphatic heterocycles. The molecule has 11 heteroatoms. The van der Waals surface area contributed by atoms with Crippen LogP contribution in [0, 0.1) is 31.5 Å². The first-order valence-corrected chi connectivity index (χ1v) is 18.6. The molecule has 0 bridgehead atoms. The number of hydrogen-bond acceptors (Lipinski definition) is 4. The fraction of sp³-hybridized carbons (Fsp3) is 0.537. The van der Waals surface area contributed by atoms with Crippen molar-refractivity contribution in [3.8, 4) is 11.1 Å². The number of benzene rings is 2. The molecule has 2 N–H and O–H groups in total. The monoisotopic (exact) mass is 723 g/mol. The number of amides is 1. The Labute approximate surface area is 302 Å². The smallest absolute Gasteiger partial charge is 0.416 e. The number of carbonyl (C=O) groups excluding carboxylic acids is 1. The third-order valence-corrected chi connectivity index (χ3v) is 11.1. The van der Waals surface area contributed by atoms with Gasteiger partial charge in [-0.3, -0.25) is 14.4 Å². The lowest BCUT2D eigenvalue weighted by atomic mass is 9.86. The van der Waals surface area contributed by atoms with Crippen LogP contribution < -0.4 is 10.9 Å². The lowest BCUT2D eigenvalue weighted by Crippen LogP contribution is -2.41. The second-order valence-corrected chi connectivity index (χ2v) is 15.7. The summed E-state index contributed by atoms with van der Waals surface area (Å²) < 4.78 is 58.7. The molecule has 1 saturated heterocycles. The molecule has 0 spiro atoms. The van der Waals surface area contributed by atoms with E-state index >= 15 is 0 Å². The fourth-order valence-electron chi connectivity index (χ4n) is 8.45. The van der Waals surface area contributed by atoms with Gasteiger partial charge in [-0.1, -0.05) is 19.9 Å². The summed E-state index contributed by atoms with van der Waals surface area (Å²) in [5.41, 5.74) is 4.06. The maximum Gasteiger partial charge on any atom is 0.416 e. The number of hydrogen-bond donors (Lipinski definition) is 2. The molecule has 2 aliphatic carbocycles. The van der Waals surface area contributed by atoms with Gasteiger partial charge in [-0.05, 0) is 159 Å². The Morgan fingerprint density at radius 2 is 1.65 bits per heavy atom. The Kier molecular flexibility index (Phi) is 11.0. The molecule has 2 fully saturated rings. The van der Waals surface area contributed by atoms with E-state index in [4.69, 9.17) is 0 Å². The van der Waals surface area contributed by atoms with Gasteiger partial charge in [-0.15, -0.1) is 0 Å². The number of piperidine rings is 1. The molecule has 0 unspecified atom stereocenters. The number of fused-ring (bicyclic) bond motifs is 1. The van der Waals surface area contributed by atoms with Crippen LogP contribution in [0.5, 0.6) is 0 Å². The zero-order valence-electron chi connectivity index (χ0n) is 30.4.